The Morgan fingerprint density at radius 2 is 2.44 bits per heavy atom. The van der Waals surface area contributed by atoms with Crippen molar-refractivity contribution >= 4 is 39.5 Å². The van der Waals surface area contributed by atoms with E-state index < -0.39 is 0 Å². The van der Waals surface area contributed by atoms with E-state index in [2.05, 4.69) is 43.9 Å². The van der Waals surface area contributed by atoms with Crippen molar-refractivity contribution in [2.24, 2.45) is 0 Å². The fourth-order valence-electron chi connectivity index (χ4n) is 1.61. The van der Waals surface area contributed by atoms with Crippen LogP contribution in [0.15, 0.2) is 18.5 Å². The summed E-state index contributed by atoms with van der Waals surface area (Å²) < 4.78 is 1.12. The first-order valence-corrected chi connectivity index (χ1v) is 6.10. The Kier molecular flexibility index (Phi) is 3.42. The summed E-state index contributed by atoms with van der Waals surface area (Å²) in [6.45, 7) is 2.19. The van der Waals surface area contributed by atoms with E-state index in [0.717, 1.165) is 21.0 Å². The number of halogens is 1. The van der Waals surface area contributed by atoms with Gasteiger partial charge in [0.1, 0.15) is 5.65 Å². The fraction of sp³-hybridized carbons (Fsp3) is 0.273. The lowest BCUT2D eigenvalue weighted by Gasteiger charge is -2.00. The second-order valence-corrected chi connectivity index (χ2v) is 4.84. The topological polar surface area (TPSA) is 57.8 Å². The third kappa shape index (κ3) is 2.52. The molecular weight excluding hydrogens is 317 g/mol. The van der Waals surface area contributed by atoms with Gasteiger partial charge in [-0.15, -0.1) is 0 Å². The molecule has 0 unspecified atom stereocenters. The molecule has 0 aliphatic heterocycles. The second-order valence-electron chi connectivity index (χ2n) is 3.60. The number of H-pyrrole nitrogens is 1. The Morgan fingerprint density at radius 1 is 1.62 bits per heavy atom. The average molecular weight is 329 g/mol. The van der Waals surface area contributed by atoms with E-state index in [4.69, 9.17) is 0 Å². The molecule has 0 aliphatic carbocycles. The van der Waals surface area contributed by atoms with Crippen LogP contribution in [-0.2, 0) is 11.2 Å². The maximum Gasteiger partial charge on any atom is 0.216 e. The second kappa shape index (κ2) is 4.82. The zero-order chi connectivity index (χ0) is 11.5. The van der Waals surface area contributed by atoms with E-state index in [-0.39, 0.29) is 5.91 Å². The molecular formula is C11H12IN3O. The predicted molar refractivity (Wildman–Crippen MR) is 71.2 cm³/mol. The number of hydrogen-bond donors (Lipinski definition) is 2. The third-order valence-electron chi connectivity index (χ3n) is 2.35. The Hall–Kier alpha value is -1.11. The van der Waals surface area contributed by atoms with Crippen LogP contribution in [0.25, 0.3) is 11.0 Å². The Bertz CT molecular complexity index is 521. The Balaban J connectivity index is 2.17. The largest absolute Gasteiger partial charge is 0.356 e. The molecule has 84 valence electrons. The van der Waals surface area contributed by atoms with Crippen molar-refractivity contribution in [1.29, 1.82) is 0 Å². The lowest BCUT2D eigenvalue weighted by molar-refractivity contribution is -0.118. The normalized spacial score (nSPS) is 10.6. The number of nitrogens with zero attached hydrogens (tertiary/aromatic N) is 1. The molecule has 0 fully saturated rings. The van der Waals surface area contributed by atoms with Crippen molar-refractivity contribution in [3.63, 3.8) is 0 Å². The first kappa shape index (κ1) is 11.4. The number of carbonyl (C=O) groups is 1. The lowest BCUT2D eigenvalue weighted by atomic mass is 10.1. The highest BCUT2D eigenvalue weighted by Crippen LogP contribution is 2.18. The minimum absolute atomic E-state index is 0.00699. The van der Waals surface area contributed by atoms with Crippen molar-refractivity contribution in [2.45, 2.75) is 13.3 Å². The van der Waals surface area contributed by atoms with Crippen molar-refractivity contribution in [2.75, 3.05) is 6.54 Å². The van der Waals surface area contributed by atoms with Crippen molar-refractivity contribution in [3.8, 4) is 0 Å². The van der Waals surface area contributed by atoms with E-state index in [9.17, 15) is 4.79 Å². The SMILES string of the molecule is CC(=O)NCCc1c[nH]c2ncc(I)cc12. The minimum Gasteiger partial charge on any atom is -0.356 e. The van der Waals surface area contributed by atoms with Crippen molar-refractivity contribution in [1.82, 2.24) is 15.3 Å². The summed E-state index contributed by atoms with van der Waals surface area (Å²) in [5, 5.41) is 3.92. The fourth-order valence-corrected chi connectivity index (χ4v) is 2.06. The van der Waals surface area contributed by atoms with Gasteiger partial charge in [0.25, 0.3) is 0 Å². The van der Waals surface area contributed by atoms with Crippen molar-refractivity contribution < 1.29 is 4.79 Å². The minimum atomic E-state index is 0.00699. The number of amides is 1. The van der Waals surface area contributed by atoms with Crippen LogP contribution in [0.5, 0.6) is 0 Å². The monoisotopic (exact) mass is 329 g/mol. The molecule has 2 aromatic rings. The van der Waals surface area contributed by atoms with Crippen LogP contribution >= 0.6 is 22.6 Å². The molecule has 2 aromatic heterocycles. The average Bonchev–Trinajstić information content (AvgIpc) is 2.60. The van der Waals surface area contributed by atoms with Gasteiger partial charge in [-0.3, -0.25) is 4.79 Å². The van der Waals surface area contributed by atoms with Crippen LogP contribution in [0.4, 0.5) is 0 Å². The highest BCUT2D eigenvalue weighted by molar-refractivity contribution is 14.1. The van der Waals surface area contributed by atoms with Crippen LogP contribution in [0.1, 0.15) is 12.5 Å². The van der Waals surface area contributed by atoms with E-state index in [1.165, 1.54) is 12.5 Å². The van der Waals surface area contributed by atoms with Crippen LogP contribution in [-0.4, -0.2) is 22.4 Å². The van der Waals surface area contributed by atoms with Gasteiger partial charge in [0.15, 0.2) is 0 Å². The molecule has 0 saturated carbocycles. The predicted octanol–water partition coefficient (Wildman–Crippen LogP) is 1.85. The molecule has 0 bridgehead atoms. The number of carbonyl (C=O) groups excluding carboxylic acids is 1. The van der Waals surface area contributed by atoms with Gasteiger partial charge < -0.3 is 10.3 Å². The Morgan fingerprint density at radius 3 is 3.19 bits per heavy atom. The van der Waals surface area contributed by atoms with Gasteiger partial charge >= 0.3 is 0 Å². The van der Waals surface area contributed by atoms with Gasteiger partial charge in [-0.05, 0) is 40.6 Å². The van der Waals surface area contributed by atoms with E-state index in [0.29, 0.717) is 6.54 Å². The van der Waals surface area contributed by atoms with Crippen LogP contribution < -0.4 is 5.32 Å². The van der Waals surface area contributed by atoms with Crippen LogP contribution in [0.3, 0.4) is 0 Å². The van der Waals surface area contributed by atoms with Gasteiger partial charge in [0.05, 0.1) is 0 Å². The van der Waals surface area contributed by atoms with Crippen LogP contribution in [0.2, 0.25) is 0 Å². The summed E-state index contributed by atoms with van der Waals surface area (Å²) in [5.74, 6) is 0.00699. The third-order valence-corrected chi connectivity index (χ3v) is 2.94. The number of nitrogens with one attached hydrogen (secondary N) is 2. The highest BCUT2D eigenvalue weighted by atomic mass is 127. The van der Waals surface area contributed by atoms with Gasteiger partial charge in [-0.2, -0.15) is 0 Å². The maximum absolute atomic E-state index is 10.8. The molecule has 0 spiro atoms. The molecule has 1 amide bonds. The molecule has 2 N–H and O–H groups in total. The van der Waals surface area contributed by atoms with E-state index in [1.54, 1.807) is 0 Å². The Labute approximate surface area is 107 Å². The van der Waals surface area contributed by atoms with Gasteiger partial charge in [-0.25, -0.2) is 4.98 Å². The smallest absolute Gasteiger partial charge is 0.216 e. The first-order valence-electron chi connectivity index (χ1n) is 5.03. The molecule has 2 rings (SSSR count). The zero-order valence-corrected chi connectivity index (χ0v) is 11.0. The van der Waals surface area contributed by atoms with E-state index >= 15 is 0 Å². The molecule has 5 heteroatoms. The molecule has 0 aromatic carbocycles. The quantitative estimate of drug-likeness (QED) is 0.845. The summed E-state index contributed by atoms with van der Waals surface area (Å²) in [6, 6.07) is 2.10. The number of aromatic amines is 1. The summed E-state index contributed by atoms with van der Waals surface area (Å²) >= 11 is 2.24. The van der Waals surface area contributed by atoms with Crippen LogP contribution in [0, 0.1) is 3.57 Å². The van der Waals surface area contributed by atoms with Gasteiger partial charge in [0, 0.05) is 34.8 Å². The number of hydrogen-bond acceptors (Lipinski definition) is 2. The first-order chi connectivity index (χ1) is 7.66. The number of fused-ring (bicyclic) bond motifs is 1. The molecule has 0 saturated heterocycles. The van der Waals surface area contributed by atoms with Gasteiger partial charge in [0.2, 0.25) is 5.91 Å². The summed E-state index contributed by atoms with van der Waals surface area (Å²) in [6.07, 6.45) is 4.61. The molecule has 2 heterocycles. The van der Waals surface area contributed by atoms with Crippen molar-refractivity contribution in [3.05, 3.63) is 27.6 Å². The summed E-state index contributed by atoms with van der Waals surface area (Å²) in [7, 11) is 0. The van der Waals surface area contributed by atoms with E-state index in [1.807, 2.05) is 12.4 Å². The lowest BCUT2D eigenvalue weighted by Crippen LogP contribution is -2.22. The number of rotatable bonds is 3. The zero-order valence-electron chi connectivity index (χ0n) is 8.88. The number of aromatic nitrogens is 2. The summed E-state index contributed by atoms with van der Waals surface area (Å²) in [5.41, 5.74) is 2.09. The molecule has 0 aliphatic rings. The molecule has 0 atom stereocenters. The molecule has 16 heavy (non-hydrogen) atoms. The van der Waals surface area contributed by atoms with Gasteiger partial charge in [-0.1, -0.05) is 0 Å². The standard InChI is InChI=1S/C11H12IN3O/c1-7(16)13-3-2-8-5-14-11-10(8)4-9(12)6-15-11/h4-6H,2-3H2,1H3,(H,13,16)(H,14,15). The maximum atomic E-state index is 10.8. The molecule has 4 nitrogen and oxygen atoms in total. The highest BCUT2D eigenvalue weighted by Gasteiger charge is 2.05. The molecule has 0 radical (unpaired) electrons. The number of pyridine rings is 1. The summed E-state index contributed by atoms with van der Waals surface area (Å²) in [4.78, 5) is 18.2.